The van der Waals surface area contributed by atoms with E-state index >= 15 is 0 Å². The van der Waals surface area contributed by atoms with Crippen molar-refractivity contribution in [2.45, 2.75) is 18.6 Å². The molecule has 38 heavy (non-hydrogen) atoms. The standard InChI is InChI=1S/C28H22Cl2N4O3S/c1-16-20(19-8-4-6-10-23(19)34(16)15-17-7-3-5-9-22(17)30)14-25(27(35)36)38-28-31-26(32-33-28)21-13-18(29)11-12-24(21)37-2/h3-14H,15H2,1-2H3,(H,35,36)(H,31,32,33)/b25-14-. The van der Waals surface area contributed by atoms with Crippen LogP contribution in [-0.2, 0) is 11.3 Å². The molecule has 2 heterocycles. The topological polar surface area (TPSA) is 93.0 Å². The Hall–Kier alpha value is -3.72. The van der Waals surface area contributed by atoms with Crippen LogP contribution in [0.15, 0.2) is 76.8 Å². The molecule has 0 aliphatic rings. The van der Waals surface area contributed by atoms with Crippen LogP contribution in [0.3, 0.4) is 0 Å². The highest BCUT2D eigenvalue weighted by Crippen LogP contribution is 2.35. The summed E-state index contributed by atoms with van der Waals surface area (Å²) in [7, 11) is 1.55. The smallest absolute Gasteiger partial charge is 0.342 e. The maximum atomic E-state index is 12.3. The maximum Gasteiger partial charge on any atom is 0.342 e. The van der Waals surface area contributed by atoms with Gasteiger partial charge in [0, 0.05) is 38.8 Å². The predicted octanol–water partition coefficient (Wildman–Crippen LogP) is 7.32. The molecule has 0 unspecified atom stereocenters. The minimum absolute atomic E-state index is 0.0809. The van der Waals surface area contributed by atoms with E-state index in [2.05, 4.69) is 19.7 Å². The number of methoxy groups -OCH3 is 1. The minimum atomic E-state index is -1.08. The van der Waals surface area contributed by atoms with E-state index in [1.54, 1.807) is 31.4 Å². The lowest BCUT2D eigenvalue weighted by Gasteiger charge is -2.10. The summed E-state index contributed by atoms with van der Waals surface area (Å²) < 4.78 is 7.54. The molecular formula is C28H22Cl2N4O3S. The highest BCUT2D eigenvalue weighted by Gasteiger charge is 2.19. The predicted molar refractivity (Wildman–Crippen MR) is 152 cm³/mol. The van der Waals surface area contributed by atoms with Crippen LogP contribution < -0.4 is 4.74 Å². The maximum absolute atomic E-state index is 12.3. The zero-order valence-corrected chi connectivity index (χ0v) is 22.7. The lowest BCUT2D eigenvalue weighted by molar-refractivity contribution is -0.131. The Kier molecular flexibility index (Phi) is 7.46. The van der Waals surface area contributed by atoms with Crippen molar-refractivity contribution in [3.05, 3.63) is 98.5 Å². The zero-order chi connectivity index (χ0) is 26.8. The fourth-order valence-electron chi connectivity index (χ4n) is 4.28. The Morgan fingerprint density at radius 1 is 1.13 bits per heavy atom. The number of halogens is 2. The number of fused-ring (bicyclic) bond motifs is 1. The molecule has 2 N–H and O–H groups in total. The van der Waals surface area contributed by atoms with E-state index in [9.17, 15) is 9.90 Å². The Bertz CT molecular complexity index is 1690. The number of aromatic amines is 1. The molecule has 5 rings (SSSR count). The molecule has 192 valence electrons. The second-order valence-corrected chi connectivity index (χ2v) is 10.3. The summed E-state index contributed by atoms with van der Waals surface area (Å²) in [6.45, 7) is 2.53. The van der Waals surface area contributed by atoms with Gasteiger partial charge < -0.3 is 14.4 Å². The van der Waals surface area contributed by atoms with Gasteiger partial charge in [0.25, 0.3) is 0 Å². The zero-order valence-electron chi connectivity index (χ0n) is 20.4. The van der Waals surface area contributed by atoms with Gasteiger partial charge in [0.2, 0.25) is 5.16 Å². The van der Waals surface area contributed by atoms with Crippen LogP contribution in [0.1, 0.15) is 16.8 Å². The van der Waals surface area contributed by atoms with Crippen LogP contribution in [0.4, 0.5) is 0 Å². The van der Waals surface area contributed by atoms with Crippen LogP contribution in [0.2, 0.25) is 10.0 Å². The van der Waals surface area contributed by atoms with Crippen molar-refractivity contribution in [1.82, 2.24) is 19.7 Å². The molecule has 0 atom stereocenters. The van der Waals surface area contributed by atoms with Gasteiger partial charge >= 0.3 is 5.97 Å². The molecule has 3 aromatic carbocycles. The number of para-hydroxylation sites is 1. The van der Waals surface area contributed by atoms with Crippen molar-refractivity contribution in [2.24, 2.45) is 0 Å². The van der Waals surface area contributed by atoms with Crippen molar-refractivity contribution < 1.29 is 14.6 Å². The number of carbonyl (C=O) groups is 1. The van der Waals surface area contributed by atoms with Gasteiger partial charge in [-0.1, -0.05) is 59.6 Å². The third-order valence-electron chi connectivity index (χ3n) is 6.13. The number of ether oxygens (including phenoxy) is 1. The number of nitrogens with zero attached hydrogens (tertiary/aromatic N) is 3. The molecule has 5 aromatic rings. The number of thioether (sulfide) groups is 1. The molecule has 2 aromatic heterocycles. The summed E-state index contributed by atoms with van der Waals surface area (Å²) in [6.07, 6.45) is 1.67. The molecule has 7 nitrogen and oxygen atoms in total. The molecule has 0 saturated carbocycles. The average molecular weight is 565 g/mol. The van der Waals surface area contributed by atoms with Crippen LogP contribution in [0, 0.1) is 6.92 Å². The van der Waals surface area contributed by atoms with Crippen molar-refractivity contribution in [1.29, 1.82) is 0 Å². The van der Waals surface area contributed by atoms with E-state index in [4.69, 9.17) is 27.9 Å². The third-order valence-corrected chi connectivity index (χ3v) is 7.62. The highest BCUT2D eigenvalue weighted by molar-refractivity contribution is 8.04. The molecule has 0 aliphatic carbocycles. The van der Waals surface area contributed by atoms with Crippen molar-refractivity contribution in [3.63, 3.8) is 0 Å². The van der Waals surface area contributed by atoms with Gasteiger partial charge in [0.1, 0.15) is 10.7 Å². The lowest BCUT2D eigenvalue weighted by Crippen LogP contribution is -2.03. The van der Waals surface area contributed by atoms with Crippen LogP contribution in [0.25, 0.3) is 28.4 Å². The van der Waals surface area contributed by atoms with E-state index in [0.29, 0.717) is 33.7 Å². The summed E-state index contributed by atoms with van der Waals surface area (Å²) in [5, 5.41) is 19.5. The molecular weight excluding hydrogens is 543 g/mol. The largest absolute Gasteiger partial charge is 0.496 e. The third kappa shape index (κ3) is 5.15. The first-order valence-corrected chi connectivity index (χ1v) is 13.1. The number of H-pyrrole nitrogens is 1. The van der Waals surface area contributed by atoms with Gasteiger partial charge in [0.15, 0.2) is 5.82 Å². The van der Waals surface area contributed by atoms with E-state index in [0.717, 1.165) is 39.5 Å². The van der Waals surface area contributed by atoms with E-state index in [-0.39, 0.29) is 10.1 Å². The summed E-state index contributed by atoms with van der Waals surface area (Å²) >= 11 is 13.5. The minimum Gasteiger partial charge on any atom is -0.496 e. The second-order valence-electron chi connectivity index (χ2n) is 8.42. The number of aliphatic carboxylic acids is 1. The number of benzene rings is 3. The molecule has 0 radical (unpaired) electrons. The van der Waals surface area contributed by atoms with Crippen LogP contribution in [0.5, 0.6) is 5.75 Å². The molecule has 10 heteroatoms. The monoisotopic (exact) mass is 564 g/mol. The second kappa shape index (κ2) is 10.9. The van der Waals surface area contributed by atoms with E-state index in [1.807, 2.05) is 55.5 Å². The number of nitrogens with one attached hydrogen (secondary N) is 1. The summed E-state index contributed by atoms with van der Waals surface area (Å²) in [5.74, 6) is -0.0915. The van der Waals surface area contributed by atoms with Gasteiger partial charge in [-0.2, -0.15) is 0 Å². The molecule has 0 saturated heterocycles. The normalized spacial score (nSPS) is 11.7. The summed E-state index contributed by atoms with van der Waals surface area (Å²) in [4.78, 5) is 16.9. The molecule has 0 amide bonds. The first-order chi connectivity index (χ1) is 18.4. The van der Waals surface area contributed by atoms with Crippen molar-refractivity contribution in [3.8, 4) is 17.1 Å². The number of carboxylic acid groups (broad SMARTS) is 1. The van der Waals surface area contributed by atoms with Crippen LogP contribution >= 0.6 is 35.0 Å². The van der Waals surface area contributed by atoms with Crippen molar-refractivity contribution >= 4 is 57.9 Å². The highest BCUT2D eigenvalue weighted by atomic mass is 35.5. The van der Waals surface area contributed by atoms with Crippen LogP contribution in [-0.4, -0.2) is 37.9 Å². The summed E-state index contributed by atoms with van der Waals surface area (Å²) in [6, 6.07) is 20.8. The van der Waals surface area contributed by atoms with Gasteiger partial charge in [-0.3, -0.25) is 5.10 Å². The van der Waals surface area contributed by atoms with E-state index in [1.165, 1.54) is 0 Å². The summed E-state index contributed by atoms with van der Waals surface area (Å²) in [5.41, 5.74) is 4.32. The quantitative estimate of drug-likeness (QED) is 0.151. The number of hydrogen-bond donors (Lipinski definition) is 2. The first kappa shape index (κ1) is 25.9. The van der Waals surface area contributed by atoms with Gasteiger partial charge in [0.05, 0.1) is 12.7 Å². The molecule has 0 bridgehead atoms. The van der Waals surface area contributed by atoms with E-state index < -0.39 is 5.97 Å². The average Bonchev–Trinajstić information content (AvgIpc) is 3.48. The SMILES string of the molecule is COc1ccc(Cl)cc1-c1nc(S/C(=C\c2c(C)n(Cc3ccccc3Cl)c3ccccc23)C(=O)O)n[nH]1. The van der Waals surface area contributed by atoms with Crippen molar-refractivity contribution in [2.75, 3.05) is 7.11 Å². The first-order valence-electron chi connectivity index (χ1n) is 11.6. The fourth-order valence-corrected chi connectivity index (χ4v) is 5.34. The Morgan fingerprint density at radius 3 is 2.66 bits per heavy atom. The number of aromatic nitrogens is 4. The molecule has 0 spiro atoms. The fraction of sp³-hybridized carbons (Fsp3) is 0.107. The number of rotatable bonds is 8. The Morgan fingerprint density at radius 2 is 1.89 bits per heavy atom. The molecule has 0 aliphatic heterocycles. The molecule has 0 fully saturated rings. The Balaban J connectivity index is 1.53. The number of carboxylic acids is 1. The lowest BCUT2D eigenvalue weighted by atomic mass is 10.1. The van der Waals surface area contributed by atoms with Gasteiger partial charge in [-0.05, 0) is 60.7 Å². The Labute approximate surface area is 233 Å². The number of hydrogen-bond acceptors (Lipinski definition) is 5. The van der Waals surface area contributed by atoms with Gasteiger partial charge in [-0.25, -0.2) is 9.78 Å². The van der Waals surface area contributed by atoms with Gasteiger partial charge in [-0.15, -0.1) is 5.10 Å².